The van der Waals surface area contributed by atoms with Gasteiger partial charge in [0, 0.05) is 6.61 Å². The summed E-state index contributed by atoms with van der Waals surface area (Å²) in [6.45, 7) is 3.75. The topological polar surface area (TPSA) is 36.9 Å². The Morgan fingerprint density at radius 3 is 1.84 bits per heavy atom. The summed E-state index contributed by atoms with van der Waals surface area (Å²) in [5.74, 6) is -1.93. The van der Waals surface area contributed by atoms with E-state index < -0.39 is 41.8 Å². The monoisotopic (exact) mass is 650 g/mol. The fourth-order valence-electron chi connectivity index (χ4n) is 7.67. The molecule has 0 radical (unpaired) electrons. The molecule has 0 aliphatic heterocycles. The maximum atomic E-state index is 15.1. The highest BCUT2D eigenvalue weighted by molar-refractivity contribution is 5.44. The Hall–Kier alpha value is -1.68. The molecular weight excluding hydrogens is 598 g/mol. The van der Waals surface area contributed by atoms with Gasteiger partial charge in [0.1, 0.15) is 11.3 Å². The van der Waals surface area contributed by atoms with Crippen LogP contribution in [0.5, 0.6) is 11.5 Å². The number of halogens is 6. The van der Waals surface area contributed by atoms with Gasteiger partial charge in [-0.3, -0.25) is 0 Å². The molecule has 4 rings (SSSR count). The van der Waals surface area contributed by atoms with E-state index in [0.29, 0.717) is 36.7 Å². The maximum absolute atomic E-state index is 15.1. The van der Waals surface area contributed by atoms with Gasteiger partial charge in [0.2, 0.25) is 0 Å². The van der Waals surface area contributed by atoms with Gasteiger partial charge in [0.05, 0.1) is 18.8 Å². The zero-order valence-corrected chi connectivity index (χ0v) is 27.0. The fraction of sp³-hybridized carbons (Fsp3) is 0.829. The summed E-state index contributed by atoms with van der Waals surface area (Å²) in [4.78, 5) is 0. The van der Waals surface area contributed by atoms with E-state index in [0.717, 1.165) is 102 Å². The number of rotatable bonds is 15. The summed E-state index contributed by atoms with van der Waals surface area (Å²) < 4.78 is 107. The molecule has 0 bridgehead atoms. The Bertz CT molecular complexity index is 1010. The number of ether oxygens (including phenoxy) is 4. The van der Waals surface area contributed by atoms with E-state index in [9.17, 15) is 22.0 Å². The fourth-order valence-corrected chi connectivity index (χ4v) is 7.67. The van der Waals surface area contributed by atoms with Crippen LogP contribution in [0.3, 0.4) is 0 Å². The third-order valence-corrected chi connectivity index (χ3v) is 10.3. The van der Waals surface area contributed by atoms with Gasteiger partial charge in [0.15, 0.2) is 18.2 Å². The van der Waals surface area contributed by atoms with Crippen molar-refractivity contribution in [3.8, 4) is 11.5 Å². The van der Waals surface area contributed by atoms with E-state index in [2.05, 4.69) is 11.7 Å². The molecule has 0 saturated heterocycles. The van der Waals surface area contributed by atoms with Gasteiger partial charge < -0.3 is 18.9 Å². The number of unbranched alkanes of at least 4 members (excludes halogenated alkanes) is 2. The first-order valence-electron chi connectivity index (χ1n) is 17.3. The zero-order chi connectivity index (χ0) is 32.5. The van der Waals surface area contributed by atoms with Crippen LogP contribution in [0.1, 0.15) is 122 Å². The minimum absolute atomic E-state index is 0.0113. The average molecular weight is 651 g/mol. The number of benzene rings is 1. The Morgan fingerprint density at radius 2 is 1.24 bits per heavy atom. The molecule has 0 atom stereocenters. The van der Waals surface area contributed by atoms with Crippen LogP contribution in [0.2, 0.25) is 0 Å². The normalized spacial score (nSPS) is 28.2. The Labute approximate surface area is 264 Å². The number of hydrogen-bond donors (Lipinski definition) is 0. The van der Waals surface area contributed by atoms with Gasteiger partial charge >= 0.3 is 12.3 Å². The lowest BCUT2D eigenvalue weighted by Gasteiger charge is -2.37. The molecule has 4 nitrogen and oxygen atoms in total. The first-order valence-corrected chi connectivity index (χ1v) is 17.3. The quantitative estimate of drug-likeness (QED) is 0.140. The second-order valence-corrected chi connectivity index (χ2v) is 13.5. The molecule has 0 amide bonds. The molecule has 0 aromatic heterocycles. The first kappa shape index (κ1) is 36.2. The highest BCUT2D eigenvalue weighted by atomic mass is 19.4. The molecular formula is C35H52F6O4. The van der Waals surface area contributed by atoms with Crippen LogP contribution in [0.15, 0.2) is 12.1 Å². The van der Waals surface area contributed by atoms with Crippen LogP contribution >= 0.6 is 0 Å². The third-order valence-electron chi connectivity index (χ3n) is 10.3. The number of alkyl halides is 5. The van der Waals surface area contributed by atoms with Crippen molar-refractivity contribution in [2.75, 3.05) is 19.8 Å². The highest BCUT2D eigenvalue weighted by Crippen LogP contribution is 2.44. The van der Waals surface area contributed by atoms with Crippen molar-refractivity contribution in [3.05, 3.63) is 23.5 Å². The second-order valence-electron chi connectivity index (χ2n) is 13.5. The van der Waals surface area contributed by atoms with Crippen molar-refractivity contribution >= 4 is 0 Å². The summed E-state index contributed by atoms with van der Waals surface area (Å²) in [5, 5.41) is 0. The minimum atomic E-state index is -5.15. The van der Waals surface area contributed by atoms with E-state index in [1.54, 1.807) is 0 Å². The molecule has 3 fully saturated rings. The molecule has 3 saturated carbocycles. The molecule has 0 heterocycles. The Morgan fingerprint density at radius 1 is 0.689 bits per heavy atom. The smallest absolute Gasteiger partial charge is 0.422 e. The van der Waals surface area contributed by atoms with E-state index in [1.807, 2.05) is 6.92 Å². The predicted molar refractivity (Wildman–Crippen MR) is 161 cm³/mol. The summed E-state index contributed by atoms with van der Waals surface area (Å²) in [6, 6.07) is 1.66. The Balaban J connectivity index is 1.26. The van der Waals surface area contributed by atoms with Gasteiger partial charge in [-0.05, 0) is 120 Å². The van der Waals surface area contributed by atoms with Crippen LogP contribution in [0, 0.1) is 29.5 Å². The molecule has 0 N–H and O–H groups in total. The van der Waals surface area contributed by atoms with Crippen molar-refractivity contribution < 1.29 is 45.3 Å². The van der Waals surface area contributed by atoms with Gasteiger partial charge in [-0.15, -0.1) is 0 Å². The standard InChI is InChI=1S/C35H52F6O4/c1-3-5-6-7-24-10-16-29(17-11-24)44-23-34(37,38)45-31-21-20-30(32(33(31)36)35(39,40)41)43-22-25-8-12-26(13-9-25)27-14-18-28(19-15-27)42-4-2/h20-21,24-29H,3-19,22-23H2,1-2H3. The van der Waals surface area contributed by atoms with E-state index in [4.69, 9.17) is 14.2 Å². The summed E-state index contributed by atoms with van der Waals surface area (Å²) >= 11 is 0. The lowest BCUT2D eigenvalue weighted by Crippen LogP contribution is -2.35. The maximum Gasteiger partial charge on any atom is 0.422 e. The largest absolute Gasteiger partial charge is 0.493 e. The molecule has 1 aromatic carbocycles. The van der Waals surface area contributed by atoms with E-state index in [-0.39, 0.29) is 18.6 Å². The molecule has 10 heteroatoms. The highest BCUT2D eigenvalue weighted by Gasteiger charge is 2.42. The van der Waals surface area contributed by atoms with Crippen molar-refractivity contribution in [1.82, 2.24) is 0 Å². The van der Waals surface area contributed by atoms with Crippen molar-refractivity contribution in [2.24, 2.45) is 23.7 Å². The molecule has 45 heavy (non-hydrogen) atoms. The van der Waals surface area contributed by atoms with Crippen molar-refractivity contribution in [2.45, 2.75) is 141 Å². The SMILES string of the molecule is CCCCCC1CCC(OCC(F)(F)Oc2ccc(OCC3CCC(C4CCC(OCC)CC4)CC3)c(C(F)(F)F)c2F)CC1. The summed E-state index contributed by atoms with van der Waals surface area (Å²) in [5.41, 5.74) is -1.72. The van der Waals surface area contributed by atoms with Gasteiger partial charge in [-0.25, -0.2) is 4.39 Å². The zero-order valence-electron chi connectivity index (χ0n) is 27.0. The van der Waals surface area contributed by atoms with Gasteiger partial charge in [0.25, 0.3) is 0 Å². The first-order chi connectivity index (χ1) is 21.5. The summed E-state index contributed by atoms with van der Waals surface area (Å²) in [7, 11) is 0. The van der Waals surface area contributed by atoms with Crippen molar-refractivity contribution in [3.63, 3.8) is 0 Å². The molecule has 1 aromatic rings. The molecule has 0 unspecified atom stereocenters. The molecule has 258 valence electrons. The van der Waals surface area contributed by atoms with Gasteiger partial charge in [-0.1, -0.05) is 32.6 Å². The average Bonchev–Trinajstić information content (AvgIpc) is 3.01. The molecule has 3 aliphatic carbocycles. The van der Waals surface area contributed by atoms with E-state index in [1.165, 1.54) is 6.42 Å². The van der Waals surface area contributed by atoms with Crippen LogP contribution in [0.25, 0.3) is 0 Å². The Kier molecular flexibility index (Phi) is 13.6. The van der Waals surface area contributed by atoms with Crippen LogP contribution in [0.4, 0.5) is 26.3 Å². The predicted octanol–water partition coefficient (Wildman–Crippen LogP) is 10.8. The lowest BCUT2D eigenvalue weighted by atomic mass is 9.71. The third kappa shape index (κ3) is 10.9. The summed E-state index contributed by atoms with van der Waals surface area (Å²) in [6.07, 6.45) is 6.57. The second kappa shape index (κ2) is 16.9. The van der Waals surface area contributed by atoms with Gasteiger partial charge in [-0.2, -0.15) is 22.0 Å². The van der Waals surface area contributed by atoms with Crippen LogP contribution < -0.4 is 9.47 Å². The van der Waals surface area contributed by atoms with Crippen LogP contribution in [-0.2, 0) is 15.7 Å². The number of hydrogen-bond acceptors (Lipinski definition) is 4. The lowest BCUT2D eigenvalue weighted by molar-refractivity contribution is -0.224. The van der Waals surface area contributed by atoms with E-state index >= 15 is 4.39 Å². The molecule has 3 aliphatic rings. The van der Waals surface area contributed by atoms with Crippen LogP contribution in [-0.4, -0.2) is 38.1 Å². The molecule has 0 spiro atoms. The minimum Gasteiger partial charge on any atom is -0.493 e. The van der Waals surface area contributed by atoms with Crippen molar-refractivity contribution in [1.29, 1.82) is 0 Å².